The molecule has 0 aromatic heterocycles. The third kappa shape index (κ3) is 17.5. The van der Waals surface area contributed by atoms with Crippen LogP contribution in [0.25, 0.3) is 0 Å². The van der Waals surface area contributed by atoms with Crippen molar-refractivity contribution in [3.8, 4) is 0 Å². The minimum atomic E-state index is -0.220. The molecule has 52 heavy (non-hydrogen) atoms. The van der Waals surface area contributed by atoms with Crippen LogP contribution in [0, 0.1) is 13.8 Å². The molecule has 0 aromatic carbocycles. The van der Waals surface area contributed by atoms with Crippen LogP contribution in [0.3, 0.4) is 0 Å². The van der Waals surface area contributed by atoms with Crippen LogP contribution in [0.2, 0.25) is 0 Å². The summed E-state index contributed by atoms with van der Waals surface area (Å²) in [6.07, 6.45) is 22.5. The molecule has 0 saturated carbocycles. The van der Waals surface area contributed by atoms with E-state index in [0.29, 0.717) is 26.1 Å². The SMILES string of the molecule is [CH]CCCCCCCON1C(C)(C)CC(OC(=O)CCCCCCCCC(=O)OC2CC(C)(C)N(OCCCCCCC[CH])C(C)(C)C2)CC1(C)C. The fraction of sp³-hybridized carbons (Fsp3) is 0.909. The first-order valence-corrected chi connectivity index (χ1v) is 21.2. The number of esters is 2. The van der Waals surface area contributed by atoms with Gasteiger partial charge in [-0.05, 0) is 108 Å². The number of carbonyl (C=O) groups excluding carboxylic acids is 2. The zero-order valence-electron chi connectivity index (χ0n) is 35.0. The third-order valence-electron chi connectivity index (χ3n) is 10.9. The molecule has 4 radical (unpaired) electrons. The van der Waals surface area contributed by atoms with Gasteiger partial charge >= 0.3 is 11.9 Å². The van der Waals surface area contributed by atoms with Gasteiger partial charge in [-0.15, -0.1) is 0 Å². The average Bonchev–Trinajstić information content (AvgIpc) is 3.02. The molecule has 0 N–H and O–H groups in total. The first kappa shape index (κ1) is 46.9. The van der Waals surface area contributed by atoms with Crippen molar-refractivity contribution in [2.24, 2.45) is 0 Å². The summed E-state index contributed by atoms with van der Waals surface area (Å²) in [5, 5.41) is 4.31. The van der Waals surface area contributed by atoms with E-state index in [2.05, 4.69) is 65.5 Å². The summed E-state index contributed by atoms with van der Waals surface area (Å²) in [5.41, 5.74) is -0.879. The lowest BCUT2D eigenvalue weighted by Gasteiger charge is -2.53. The average molecular weight is 733 g/mol. The van der Waals surface area contributed by atoms with Gasteiger partial charge in [0.2, 0.25) is 0 Å². The zero-order valence-corrected chi connectivity index (χ0v) is 35.0. The van der Waals surface area contributed by atoms with Gasteiger partial charge in [0.1, 0.15) is 12.2 Å². The maximum absolute atomic E-state index is 12.8. The lowest BCUT2D eigenvalue weighted by molar-refractivity contribution is -0.293. The Labute approximate surface area is 321 Å². The molecular weight excluding hydrogens is 652 g/mol. The van der Waals surface area contributed by atoms with Crippen LogP contribution in [0.1, 0.15) is 209 Å². The van der Waals surface area contributed by atoms with E-state index >= 15 is 0 Å². The van der Waals surface area contributed by atoms with E-state index in [1.165, 1.54) is 25.7 Å². The Bertz CT molecular complexity index is 881. The Morgan fingerprint density at radius 2 is 0.731 bits per heavy atom. The number of hydroxylamine groups is 4. The summed E-state index contributed by atoms with van der Waals surface area (Å²) < 4.78 is 12.0. The highest BCUT2D eigenvalue weighted by Crippen LogP contribution is 2.41. The second kappa shape index (κ2) is 23.6. The summed E-state index contributed by atoms with van der Waals surface area (Å²) in [6, 6.07) is 0. The highest BCUT2D eigenvalue weighted by atomic mass is 16.7. The van der Waals surface area contributed by atoms with Gasteiger partial charge < -0.3 is 9.47 Å². The molecule has 0 unspecified atom stereocenters. The molecule has 0 atom stereocenters. The highest BCUT2D eigenvalue weighted by Gasteiger charge is 2.49. The number of nitrogens with zero attached hydrogens (tertiary/aromatic N) is 2. The third-order valence-corrected chi connectivity index (χ3v) is 10.9. The summed E-state index contributed by atoms with van der Waals surface area (Å²) in [5.74, 6) is -0.187. The number of unbranched alkanes of at least 4 members (excludes halogenated alkanes) is 15. The van der Waals surface area contributed by atoms with Crippen molar-refractivity contribution in [2.75, 3.05) is 13.2 Å². The Kier molecular flexibility index (Phi) is 21.3. The lowest BCUT2D eigenvalue weighted by atomic mass is 9.80. The van der Waals surface area contributed by atoms with E-state index in [-0.39, 0.29) is 46.3 Å². The second-order valence-corrected chi connectivity index (χ2v) is 18.3. The summed E-state index contributed by atoms with van der Waals surface area (Å²) in [7, 11) is 0. The molecule has 8 nitrogen and oxygen atoms in total. The number of rotatable bonds is 27. The largest absolute Gasteiger partial charge is 0.462 e. The molecule has 0 amide bonds. The predicted molar refractivity (Wildman–Crippen MR) is 211 cm³/mol. The molecule has 2 aliphatic rings. The van der Waals surface area contributed by atoms with E-state index < -0.39 is 0 Å². The van der Waals surface area contributed by atoms with Crippen molar-refractivity contribution < 1.29 is 28.7 Å². The van der Waals surface area contributed by atoms with E-state index in [4.69, 9.17) is 33.0 Å². The molecule has 2 aliphatic heterocycles. The first-order chi connectivity index (χ1) is 24.5. The van der Waals surface area contributed by atoms with Crippen molar-refractivity contribution in [2.45, 2.75) is 244 Å². The van der Waals surface area contributed by atoms with Gasteiger partial charge in [0.15, 0.2) is 0 Å². The Morgan fingerprint density at radius 1 is 0.462 bits per heavy atom. The van der Waals surface area contributed by atoms with Crippen LogP contribution < -0.4 is 0 Å². The van der Waals surface area contributed by atoms with Crippen LogP contribution in [0.15, 0.2) is 0 Å². The minimum absolute atomic E-state index is 0.0935. The smallest absolute Gasteiger partial charge is 0.306 e. The van der Waals surface area contributed by atoms with Crippen molar-refractivity contribution in [1.29, 1.82) is 0 Å². The fourth-order valence-electron chi connectivity index (χ4n) is 8.81. The van der Waals surface area contributed by atoms with Crippen LogP contribution in [0.4, 0.5) is 0 Å². The van der Waals surface area contributed by atoms with Gasteiger partial charge in [0, 0.05) is 60.7 Å². The quantitative estimate of drug-likeness (QED) is 0.0610. The number of piperidine rings is 2. The number of ether oxygens (including phenoxy) is 2. The molecular formula is C44H80N2O6. The number of hydrogen-bond donors (Lipinski definition) is 0. The second-order valence-electron chi connectivity index (χ2n) is 18.3. The molecule has 0 aromatic rings. The van der Waals surface area contributed by atoms with Crippen LogP contribution in [-0.2, 0) is 28.7 Å². The lowest BCUT2D eigenvalue weighted by Crippen LogP contribution is -2.62. The molecule has 0 spiro atoms. The Morgan fingerprint density at radius 3 is 1.04 bits per heavy atom. The summed E-state index contributed by atoms with van der Waals surface area (Å²) >= 11 is 0. The molecule has 8 heteroatoms. The van der Waals surface area contributed by atoms with Gasteiger partial charge in [-0.25, -0.2) is 0 Å². The normalized spacial score (nSPS) is 20.6. The molecule has 0 aliphatic carbocycles. The van der Waals surface area contributed by atoms with Gasteiger partial charge in [0.05, 0.1) is 13.2 Å². The maximum atomic E-state index is 12.8. The van der Waals surface area contributed by atoms with E-state index in [1.807, 2.05) is 0 Å². The van der Waals surface area contributed by atoms with Gasteiger partial charge in [-0.2, -0.15) is 10.1 Å². The molecule has 2 rings (SSSR count). The van der Waals surface area contributed by atoms with Crippen molar-refractivity contribution in [1.82, 2.24) is 10.1 Å². The fourth-order valence-corrected chi connectivity index (χ4v) is 8.81. The monoisotopic (exact) mass is 733 g/mol. The standard InChI is InChI=1S/C44H80N2O6/c1-11-13-15-17-23-27-31-49-45-41(3,4)33-37(34-42(45,5)6)51-39(47)29-25-21-19-20-22-26-30-40(48)52-38-35-43(7,8)46(44(9,10)36-38)50-32-28-24-18-16-14-12-2/h1-2,37-38H,11-36H2,3-10H3. The van der Waals surface area contributed by atoms with Crippen LogP contribution >= 0.6 is 0 Å². The van der Waals surface area contributed by atoms with E-state index in [1.54, 1.807) is 0 Å². The number of carbonyl (C=O) groups is 2. The molecule has 2 fully saturated rings. The number of hydrogen-bond acceptors (Lipinski definition) is 8. The van der Waals surface area contributed by atoms with Crippen molar-refractivity contribution in [3.63, 3.8) is 0 Å². The van der Waals surface area contributed by atoms with E-state index in [9.17, 15) is 9.59 Å². The van der Waals surface area contributed by atoms with Crippen LogP contribution in [0.5, 0.6) is 0 Å². The maximum Gasteiger partial charge on any atom is 0.306 e. The minimum Gasteiger partial charge on any atom is -0.462 e. The first-order valence-electron chi connectivity index (χ1n) is 21.2. The Hall–Kier alpha value is -1.22. The van der Waals surface area contributed by atoms with Crippen molar-refractivity contribution in [3.05, 3.63) is 13.8 Å². The molecule has 2 heterocycles. The zero-order chi connectivity index (χ0) is 38.7. The molecule has 302 valence electrons. The van der Waals surface area contributed by atoms with Gasteiger partial charge in [-0.1, -0.05) is 77.0 Å². The highest BCUT2D eigenvalue weighted by molar-refractivity contribution is 5.69. The summed E-state index contributed by atoms with van der Waals surface area (Å²) in [4.78, 5) is 38.2. The van der Waals surface area contributed by atoms with Crippen LogP contribution in [-0.4, -0.2) is 69.6 Å². The molecule has 2 saturated heterocycles. The predicted octanol–water partition coefficient (Wildman–Crippen LogP) is 11.2. The summed E-state index contributed by atoms with van der Waals surface area (Å²) in [6.45, 7) is 30.1. The van der Waals surface area contributed by atoms with Gasteiger partial charge in [0.25, 0.3) is 0 Å². The van der Waals surface area contributed by atoms with Crippen molar-refractivity contribution >= 4 is 11.9 Å². The van der Waals surface area contributed by atoms with E-state index in [0.717, 1.165) is 116 Å². The Balaban J connectivity index is 1.57. The topological polar surface area (TPSA) is 77.5 Å². The molecule has 0 bridgehead atoms. The van der Waals surface area contributed by atoms with Gasteiger partial charge in [-0.3, -0.25) is 19.3 Å².